The summed E-state index contributed by atoms with van der Waals surface area (Å²) in [5.74, 6) is -1.65. The highest BCUT2D eigenvalue weighted by molar-refractivity contribution is 5.95. The summed E-state index contributed by atoms with van der Waals surface area (Å²) in [7, 11) is 0. The van der Waals surface area contributed by atoms with Gasteiger partial charge in [-0.1, -0.05) is 136 Å². The molecule has 0 amide bonds. The van der Waals surface area contributed by atoms with Crippen LogP contribution in [0, 0.1) is 11.8 Å². The van der Waals surface area contributed by atoms with Gasteiger partial charge in [-0.15, -0.1) is 0 Å². The van der Waals surface area contributed by atoms with Crippen molar-refractivity contribution in [2.45, 2.75) is 129 Å². The van der Waals surface area contributed by atoms with E-state index in [-0.39, 0.29) is 46.7 Å². The minimum atomic E-state index is -0.402. The van der Waals surface area contributed by atoms with E-state index in [1.54, 1.807) is 12.1 Å². The molecule has 1 aromatic heterocycles. The third-order valence-corrected chi connectivity index (χ3v) is 13.2. The molecule has 2 saturated carbocycles. The van der Waals surface area contributed by atoms with Crippen LogP contribution in [0.5, 0.6) is 11.5 Å². The van der Waals surface area contributed by atoms with Crippen LogP contribution < -0.4 is 9.47 Å². The maximum absolute atomic E-state index is 13.9. The van der Waals surface area contributed by atoms with Gasteiger partial charge in [-0.05, 0) is 111 Å². The van der Waals surface area contributed by atoms with E-state index < -0.39 is 23.8 Å². The van der Waals surface area contributed by atoms with Gasteiger partial charge in [0.25, 0.3) is 0 Å². The highest BCUT2D eigenvalue weighted by Gasteiger charge is 2.33. The van der Waals surface area contributed by atoms with Crippen molar-refractivity contribution in [1.82, 2.24) is 9.97 Å². The zero-order valence-corrected chi connectivity index (χ0v) is 39.3. The van der Waals surface area contributed by atoms with Gasteiger partial charge in [0.05, 0.1) is 23.2 Å². The number of aromatic nitrogens is 2. The molecule has 8 rings (SSSR count). The Morgan fingerprint density at radius 1 is 0.441 bits per heavy atom. The molecule has 2 aliphatic rings. The van der Waals surface area contributed by atoms with E-state index in [1.165, 1.54) is 11.1 Å². The lowest BCUT2D eigenvalue weighted by Gasteiger charge is -2.27. The molecule has 0 unspecified atom stereocenters. The Hall–Kier alpha value is -6.68. The SMILES string of the molecule is CCCc1ccc(CCC(=O)O[C@H]2CC[C@H](C(=O)Oc3ccc(OC(=O)[C@H]4CC[C@H](OC(=O)CCc5ccc(CCC)cc5)CC4)c4nc(-c5ccccc5)c(-c5ccccc5)nc34)CC2)cc1. The lowest BCUT2D eigenvalue weighted by atomic mass is 9.87. The number of carbonyl (C=O) groups excluding carboxylic acids is 4. The molecule has 10 nitrogen and oxygen atoms in total. The van der Waals surface area contributed by atoms with E-state index in [0.717, 1.165) is 47.9 Å². The molecular formula is C58H62N2O8. The molecule has 10 heteroatoms. The molecule has 2 aliphatic carbocycles. The third kappa shape index (κ3) is 12.6. The Kier molecular flexibility index (Phi) is 16.4. The predicted octanol–water partition coefficient (Wildman–Crippen LogP) is 12.1. The van der Waals surface area contributed by atoms with Crippen LogP contribution in [0.2, 0.25) is 0 Å². The molecule has 0 aliphatic heterocycles. The lowest BCUT2D eigenvalue weighted by Crippen LogP contribution is -2.30. The molecule has 0 radical (unpaired) electrons. The maximum Gasteiger partial charge on any atom is 0.314 e. The number of esters is 4. The van der Waals surface area contributed by atoms with Gasteiger partial charge in [0.15, 0.2) is 11.5 Å². The summed E-state index contributed by atoms with van der Waals surface area (Å²) < 4.78 is 24.1. The molecule has 0 spiro atoms. The number of benzene rings is 5. The fourth-order valence-corrected chi connectivity index (χ4v) is 9.37. The standard InChI is InChI=1S/C58H62N2O8/c1-3-11-39-17-21-41(22-18-39)25-37-51(61)65-47-31-27-45(28-32-47)57(63)67-49-35-36-50(56-55(49)59-53(43-13-7-5-8-14-43)54(60-56)44-15-9-6-10-16-44)68-58(64)46-29-33-48(34-30-46)66-52(62)38-26-42-23-19-40(12-4-2)20-24-42/h5-10,13-24,35-36,45-48H,3-4,11-12,25-34,37-38H2,1-2H3/t45-,46-,47-,48-. The van der Waals surface area contributed by atoms with Crippen LogP contribution in [0.3, 0.4) is 0 Å². The van der Waals surface area contributed by atoms with Crippen molar-refractivity contribution in [3.8, 4) is 34.0 Å². The number of ether oxygens (including phenoxy) is 4. The van der Waals surface area contributed by atoms with Crippen LogP contribution in [0.4, 0.5) is 0 Å². The highest BCUT2D eigenvalue weighted by Crippen LogP contribution is 2.39. The second-order valence-corrected chi connectivity index (χ2v) is 18.3. The highest BCUT2D eigenvalue weighted by atomic mass is 16.6. The number of nitrogens with zero attached hydrogens (tertiary/aromatic N) is 2. The average Bonchev–Trinajstić information content (AvgIpc) is 3.37. The number of hydrogen-bond acceptors (Lipinski definition) is 10. The first-order valence-electron chi connectivity index (χ1n) is 24.7. The van der Waals surface area contributed by atoms with Crippen LogP contribution in [0.1, 0.15) is 113 Å². The molecule has 68 heavy (non-hydrogen) atoms. The molecule has 352 valence electrons. The van der Waals surface area contributed by atoms with Gasteiger partial charge >= 0.3 is 23.9 Å². The number of carbonyl (C=O) groups is 4. The molecule has 0 N–H and O–H groups in total. The van der Waals surface area contributed by atoms with Crippen molar-refractivity contribution >= 4 is 34.9 Å². The van der Waals surface area contributed by atoms with E-state index in [1.807, 2.05) is 60.7 Å². The molecule has 0 saturated heterocycles. The fraction of sp³-hybridized carbons (Fsp3) is 0.379. The van der Waals surface area contributed by atoms with E-state index in [9.17, 15) is 19.2 Å². The Morgan fingerprint density at radius 2 is 0.779 bits per heavy atom. The van der Waals surface area contributed by atoms with Crippen LogP contribution >= 0.6 is 0 Å². The lowest BCUT2D eigenvalue weighted by molar-refractivity contribution is -0.153. The van der Waals surface area contributed by atoms with Gasteiger partial charge in [0, 0.05) is 24.0 Å². The summed E-state index contributed by atoms with van der Waals surface area (Å²) in [5, 5.41) is 0. The van der Waals surface area contributed by atoms with Gasteiger partial charge in [-0.3, -0.25) is 19.2 Å². The molecule has 2 fully saturated rings. The topological polar surface area (TPSA) is 131 Å². The Bertz CT molecular complexity index is 2450. The van der Waals surface area contributed by atoms with Crippen LogP contribution in [-0.2, 0) is 54.3 Å². The first-order valence-corrected chi connectivity index (χ1v) is 24.7. The molecular weight excluding hydrogens is 853 g/mol. The summed E-state index contributed by atoms with van der Waals surface area (Å²) in [5.41, 5.74) is 8.19. The van der Waals surface area contributed by atoms with Gasteiger partial charge in [-0.2, -0.15) is 0 Å². The quantitative estimate of drug-likeness (QED) is 0.0606. The number of aryl methyl sites for hydroxylation is 4. The summed E-state index contributed by atoms with van der Waals surface area (Å²) in [6, 6.07) is 39.5. The second-order valence-electron chi connectivity index (χ2n) is 18.3. The molecule has 1 heterocycles. The smallest absolute Gasteiger partial charge is 0.314 e. The van der Waals surface area contributed by atoms with E-state index in [2.05, 4.69) is 62.4 Å². The molecule has 0 bridgehead atoms. The number of hydrogen-bond donors (Lipinski definition) is 0. The summed E-state index contributed by atoms with van der Waals surface area (Å²) >= 11 is 0. The van der Waals surface area contributed by atoms with Crippen LogP contribution in [0.25, 0.3) is 33.5 Å². The van der Waals surface area contributed by atoms with Crippen molar-refractivity contribution in [3.05, 3.63) is 144 Å². The zero-order valence-electron chi connectivity index (χ0n) is 39.3. The first-order chi connectivity index (χ1) is 33.2. The first kappa shape index (κ1) is 47.8. The van der Waals surface area contributed by atoms with E-state index in [4.69, 9.17) is 28.9 Å². The Labute approximate surface area is 399 Å². The summed E-state index contributed by atoms with van der Waals surface area (Å²) in [4.78, 5) is 63.7. The number of rotatable bonds is 18. The van der Waals surface area contributed by atoms with Gasteiger partial charge in [0.2, 0.25) is 0 Å². The van der Waals surface area contributed by atoms with Crippen molar-refractivity contribution in [2.24, 2.45) is 11.8 Å². The largest absolute Gasteiger partial charge is 0.462 e. The van der Waals surface area contributed by atoms with Gasteiger partial charge in [-0.25, -0.2) is 9.97 Å². The predicted molar refractivity (Wildman–Crippen MR) is 263 cm³/mol. The molecule has 0 atom stereocenters. The molecule has 6 aromatic rings. The fourth-order valence-electron chi connectivity index (χ4n) is 9.37. The van der Waals surface area contributed by atoms with Crippen molar-refractivity contribution < 1.29 is 38.1 Å². The average molecular weight is 915 g/mol. The Balaban J connectivity index is 0.930. The van der Waals surface area contributed by atoms with Gasteiger partial charge < -0.3 is 18.9 Å². The van der Waals surface area contributed by atoms with Gasteiger partial charge in [0.1, 0.15) is 23.2 Å². The Morgan fingerprint density at radius 3 is 1.12 bits per heavy atom. The van der Waals surface area contributed by atoms with Crippen LogP contribution in [-0.4, -0.2) is 46.1 Å². The second kappa shape index (κ2) is 23.4. The summed E-state index contributed by atoms with van der Waals surface area (Å²) in [6.07, 6.45) is 9.90. The number of fused-ring (bicyclic) bond motifs is 1. The monoisotopic (exact) mass is 914 g/mol. The van der Waals surface area contributed by atoms with Crippen molar-refractivity contribution in [2.75, 3.05) is 0 Å². The van der Waals surface area contributed by atoms with E-state index >= 15 is 0 Å². The third-order valence-electron chi connectivity index (χ3n) is 13.2. The maximum atomic E-state index is 13.9. The minimum Gasteiger partial charge on any atom is -0.462 e. The normalized spacial score (nSPS) is 18.1. The van der Waals surface area contributed by atoms with Crippen LogP contribution in [0.15, 0.2) is 121 Å². The van der Waals surface area contributed by atoms with Crippen molar-refractivity contribution in [3.63, 3.8) is 0 Å². The van der Waals surface area contributed by atoms with E-state index in [0.29, 0.717) is 88.4 Å². The summed E-state index contributed by atoms with van der Waals surface area (Å²) in [6.45, 7) is 4.32. The minimum absolute atomic E-state index is 0.209. The molecule has 5 aromatic carbocycles. The van der Waals surface area contributed by atoms with Crippen molar-refractivity contribution in [1.29, 1.82) is 0 Å². The zero-order chi connectivity index (χ0) is 47.2.